The number of hydrogen-bond donors (Lipinski definition) is 0. The van der Waals surface area contributed by atoms with Crippen molar-refractivity contribution in [3.63, 3.8) is 0 Å². The van der Waals surface area contributed by atoms with Gasteiger partial charge in [0, 0.05) is 18.5 Å². The van der Waals surface area contributed by atoms with Gasteiger partial charge in [-0.1, -0.05) is 5.16 Å². The van der Waals surface area contributed by atoms with E-state index < -0.39 is 0 Å². The second kappa shape index (κ2) is 3.26. The molecule has 0 bridgehead atoms. The molecule has 4 heteroatoms. The van der Waals surface area contributed by atoms with E-state index in [0.717, 1.165) is 17.0 Å². The summed E-state index contributed by atoms with van der Waals surface area (Å²) >= 11 is 0. The monoisotopic (exact) mass is 176 g/mol. The summed E-state index contributed by atoms with van der Waals surface area (Å²) in [4.78, 5) is 3.99. The SMILES string of the molecule is COc1ccncc1-c1ccon1. The molecule has 0 aromatic carbocycles. The molecule has 0 spiro atoms. The fraction of sp³-hybridized carbons (Fsp3) is 0.111. The summed E-state index contributed by atoms with van der Waals surface area (Å²) < 4.78 is 9.88. The van der Waals surface area contributed by atoms with Crippen molar-refractivity contribution in [2.24, 2.45) is 0 Å². The van der Waals surface area contributed by atoms with Crippen LogP contribution in [0, 0.1) is 0 Å². The number of hydrogen-bond acceptors (Lipinski definition) is 4. The van der Waals surface area contributed by atoms with Crippen LogP contribution in [0.4, 0.5) is 0 Å². The van der Waals surface area contributed by atoms with E-state index in [1.807, 2.05) is 0 Å². The summed E-state index contributed by atoms with van der Waals surface area (Å²) in [7, 11) is 1.61. The summed E-state index contributed by atoms with van der Waals surface area (Å²) in [5, 5.41) is 3.80. The fourth-order valence-electron chi connectivity index (χ4n) is 1.10. The maximum absolute atomic E-state index is 5.15. The van der Waals surface area contributed by atoms with E-state index in [4.69, 9.17) is 9.26 Å². The van der Waals surface area contributed by atoms with Gasteiger partial charge in [-0.25, -0.2) is 0 Å². The Morgan fingerprint density at radius 1 is 1.38 bits per heavy atom. The number of aromatic nitrogens is 2. The largest absolute Gasteiger partial charge is 0.496 e. The van der Waals surface area contributed by atoms with Crippen LogP contribution in [0.5, 0.6) is 5.75 Å². The van der Waals surface area contributed by atoms with Crippen LogP contribution in [0.3, 0.4) is 0 Å². The fourth-order valence-corrected chi connectivity index (χ4v) is 1.10. The minimum Gasteiger partial charge on any atom is -0.496 e. The molecule has 0 atom stereocenters. The van der Waals surface area contributed by atoms with E-state index in [1.165, 1.54) is 6.26 Å². The van der Waals surface area contributed by atoms with Crippen LogP contribution >= 0.6 is 0 Å². The molecule has 2 aromatic rings. The van der Waals surface area contributed by atoms with E-state index >= 15 is 0 Å². The van der Waals surface area contributed by atoms with Gasteiger partial charge in [-0.2, -0.15) is 0 Å². The van der Waals surface area contributed by atoms with Crippen LogP contribution in [0.15, 0.2) is 35.3 Å². The molecule has 0 aliphatic rings. The first kappa shape index (κ1) is 7.79. The summed E-state index contributed by atoms with van der Waals surface area (Å²) in [5.74, 6) is 0.740. The minimum atomic E-state index is 0.727. The molecule has 4 nitrogen and oxygen atoms in total. The molecule has 0 amide bonds. The van der Waals surface area contributed by atoms with Gasteiger partial charge >= 0.3 is 0 Å². The summed E-state index contributed by atoms with van der Waals surface area (Å²) in [6, 6.07) is 3.55. The first-order valence-electron chi connectivity index (χ1n) is 3.80. The van der Waals surface area contributed by atoms with Crippen LogP contribution in [-0.2, 0) is 0 Å². The maximum Gasteiger partial charge on any atom is 0.131 e. The van der Waals surface area contributed by atoms with Gasteiger partial charge in [-0.15, -0.1) is 0 Å². The number of rotatable bonds is 2. The second-order valence-corrected chi connectivity index (χ2v) is 2.46. The molecule has 2 aromatic heterocycles. The predicted octanol–water partition coefficient (Wildman–Crippen LogP) is 1.75. The lowest BCUT2D eigenvalue weighted by molar-refractivity contribution is 0.410. The molecule has 2 rings (SSSR count). The van der Waals surface area contributed by atoms with Crippen LogP contribution in [-0.4, -0.2) is 17.3 Å². The molecule has 0 aliphatic carbocycles. The lowest BCUT2D eigenvalue weighted by Gasteiger charge is -2.02. The summed E-state index contributed by atoms with van der Waals surface area (Å²) in [5.41, 5.74) is 1.56. The number of pyridine rings is 1. The van der Waals surface area contributed by atoms with E-state index in [9.17, 15) is 0 Å². The van der Waals surface area contributed by atoms with Crippen molar-refractivity contribution in [3.8, 4) is 17.0 Å². The van der Waals surface area contributed by atoms with Crippen LogP contribution in [0.2, 0.25) is 0 Å². The van der Waals surface area contributed by atoms with Crippen molar-refractivity contribution in [1.29, 1.82) is 0 Å². The molecular formula is C9H8N2O2. The molecular weight excluding hydrogens is 168 g/mol. The summed E-state index contributed by atoms with van der Waals surface area (Å²) in [6.07, 6.45) is 4.88. The average molecular weight is 176 g/mol. The number of ether oxygens (including phenoxy) is 1. The van der Waals surface area contributed by atoms with Crippen LogP contribution in [0.1, 0.15) is 0 Å². The third kappa shape index (κ3) is 1.38. The molecule has 0 unspecified atom stereocenters. The molecule has 66 valence electrons. The Hall–Kier alpha value is -1.84. The third-order valence-electron chi connectivity index (χ3n) is 1.71. The van der Waals surface area contributed by atoms with Gasteiger partial charge in [-0.3, -0.25) is 4.98 Å². The van der Waals surface area contributed by atoms with E-state index in [0.29, 0.717) is 0 Å². The zero-order valence-corrected chi connectivity index (χ0v) is 7.10. The van der Waals surface area contributed by atoms with Gasteiger partial charge in [-0.05, 0) is 6.07 Å². The van der Waals surface area contributed by atoms with Crippen molar-refractivity contribution in [2.45, 2.75) is 0 Å². The zero-order chi connectivity index (χ0) is 9.10. The van der Waals surface area contributed by atoms with E-state index in [2.05, 4.69) is 10.1 Å². The lowest BCUT2D eigenvalue weighted by Crippen LogP contribution is -1.88. The van der Waals surface area contributed by atoms with Gasteiger partial charge in [0.25, 0.3) is 0 Å². The van der Waals surface area contributed by atoms with Crippen LogP contribution < -0.4 is 4.74 Å². The normalized spacial score (nSPS) is 9.92. The number of methoxy groups -OCH3 is 1. The highest BCUT2D eigenvalue weighted by Gasteiger charge is 2.07. The molecule has 2 heterocycles. The number of nitrogens with zero attached hydrogens (tertiary/aromatic N) is 2. The van der Waals surface area contributed by atoms with Crippen molar-refractivity contribution in [1.82, 2.24) is 10.1 Å². The first-order valence-corrected chi connectivity index (χ1v) is 3.80. The smallest absolute Gasteiger partial charge is 0.131 e. The first-order chi connectivity index (χ1) is 6.42. The topological polar surface area (TPSA) is 48.2 Å². The van der Waals surface area contributed by atoms with E-state index in [-0.39, 0.29) is 0 Å². The van der Waals surface area contributed by atoms with Gasteiger partial charge in [0.1, 0.15) is 17.7 Å². The van der Waals surface area contributed by atoms with Crippen molar-refractivity contribution >= 4 is 0 Å². The Bertz CT molecular complexity index is 384. The Morgan fingerprint density at radius 3 is 3.00 bits per heavy atom. The quantitative estimate of drug-likeness (QED) is 0.699. The maximum atomic E-state index is 5.15. The van der Waals surface area contributed by atoms with Gasteiger partial charge < -0.3 is 9.26 Å². The highest BCUT2D eigenvalue weighted by atomic mass is 16.5. The minimum absolute atomic E-state index is 0.727. The van der Waals surface area contributed by atoms with Gasteiger partial charge in [0.15, 0.2) is 0 Å². The van der Waals surface area contributed by atoms with Gasteiger partial charge in [0.05, 0.1) is 12.7 Å². The molecule has 13 heavy (non-hydrogen) atoms. The second-order valence-electron chi connectivity index (χ2n) is 2.46. The summed E-state index contributed by atoms with van der Waals surface area (Å²) in [6.45, 7) is 0. The Kier molecular flexibility index (Phi) is 1.96. The Labute approximate surface area is 75.2 Å². The predicted molar refractivity (Wildman–Crippen MR) is 46.3 cm³/mol. The standard InChI is InChI=1S/C9H8N2O2/c1-12-9-2-4-10-6-7(9)8-3-5-13-11-8/h2-6H,1H3. The zero-order valence-electron chi connectivity index (χ0n) is 7.10. The van der Waals surface area contributed by atoms with E-state index in [1.54, 1.807) is 31.6 Å². The molecule has 0 saturated heterocycles. The van der Waals surface area contributed by atoms with Crippen molar-refractivity contribution < 1.29 is 9.26 Å². The average Bonchev–Trinajstić information content (AvgIpc) is 2.70. The van der Waals surface area contributed by atoms with Crippen LogP contribution in [0.25, 0.3) is 11.3 Å². The highest BCUT2D eigenvalue weighted by molar-refractivity contribution is 5.64. The highest BCUT2D eigenvalue weighted by Crippen LogP contribution is 2.26. The molecule has 0 aliphatic heterocycles. The molecule has 0 saturated carbocycles. The molecule has 0 radical (unpaired) electrons. The molecule has 0 fully saturated rings. The van der Waals surface area contributed by atoms with Crippen molar-refractivity contribution in [3.05, 3.63) is 30.8 Å². The third-order valence-corrected chi connectivity index (χ3v) is 1.71. The Morgan fingerprint density at radius 2 is 2.31 bits per heavy atom. The van der Waals surface area contributed by atoms with Gasteiger partial charge in [0.2, 0.25) is 0 Å². The van der Waals surface area contributed by atoms with Crippen molar-refractivity contribution in [2.75, 3.05) is 7.11 Å². The lowest BCUT2D eigenvalue weighted by atomic mass is 10.2. The molecule has 0 N–H and O–H groups in total. The Balaban J connectivity index is 2.51.